The molecule has 21 heavy (non-hydrogen) atoms. The summed E-state index contributed by atoms with van der Waals surface area (Å²) in [6, 6.07) is 8.83. The number of halogens is 4. The summed E-state index contributed by atoms with van der Waals surface area (Å²) in [5, 5.41) is 5.31. The molecule has 0 aliphatic rings. The first kappa shape index (κ1) is 16.6. The fourth-order valence-corrected chi connectivity index (χ4v) is 2.74. The van der Waals surface area contributed by atoms with Crippen molar-refractivity contribution in [3.63, 3.8) is 0 Å². The van der Waals surface area contributed by atoms with Gasteiger partial charge in [-0.25, -0.2) is 0 Å². The number of benzene rings is 2. The lowest BCUT2D eigenvalue weighted by Crippen LogP contribution is -2.04. The van der Waals surface area contributed by atoms with Crippen LogP contribution in [0.5, 0.6) is 5.75 Å². The second kappa shape index (κ2) is 7.46. The molecule has 0 unspecified atom stereocenters. The fraction of sp³-hybridized carbons (Fsp3) is 0.200. The van der Waals surface area contributed by atoms with Gasteiger partial charge in [0.25, 0.3) is 0 Å². The topological polar surface area (TPSA) is 21.3 Å². The molecule has 112 valence electrons. The van der Waals surface area contributed by atoms with E-state index in [0.717, 1.165) is 11.3 Å². The van der Waals surface area contributed by atoms with E-state index in [0.29, 0.717) is 39.0 Å². The molecule has 0 amide bonds. The van der Waals surface area contributed by atoms with E-state index in [-0.39, 0.29) is 0 Å². The highest BCUT2D eigenvalue weighted by Gasteiger charge is 2.10. The molecule has 0 aliphatic carbocycles. The van der Waals surface area contributed by atoms with Gasteiger partial charge in [0.05, 0.1) is 21.7 Å². The third-order valence-electron chi connectivity index (χ3n) is 2.78. The van der Waals surface area contributed by atoms with Crippen LogP contribution in [0.3, 0.4) is 0 Å². The monoisotopic (exact) mass is 363 g/mol. The summed E-state index contributed by atoms with van der Waals surface area (Å²) >= 11 is 24.1. The van der Waals surface area contributed by atoms with Crippen molar-refractivity contribution >= 4 is 52.1 Å². The van der Waals surface area contributed by atoms with Crippen molar-refractivity contribution in [2.75, 3.05) is 11.9 Å². The van der Waals surface area contributed by atoms with Gasteiger partial charge in [-0.15, -0.1) is 0 Å². The first-order valence-corrected chi connectivity index (χ1v) is 7.82. The van der Waals surface area contributed by atoms with Crippen molar-refractivity contribution in [2.24, 2.45) is 0 Å². The minimum Gasteiger partial charge on any atom is -0.492 e. The average molecular weight is 365 g/mol. The second-order valence-corrected chi connectivity index (χ2v) is 5.95. The van der Waals surface area contributed by atoms with Crippen molar-refractivity contribution in [1.82, 2.24) is 0 Å². The number of hydrogen-bond acceptors (Lipinski definition) is 2. The molecule has 2 nitrogen and oxygen atoms in total. The molecule has 6 heteroatoms. The van der Waals surface area contributed by atoms with Crippen LogP contribution < -0.4 is 10.1 Å². The molecule has 0 heterocycles. The van der Waals surface area contributed by atoms with E-state index in [1.165, 1.54) is 0 Å². The van der Waals surface area contributed by atoms with Crippen LogP contribution >= 0.6 is 46.4 Å². The zero-order chi connectivity index (χ0) is 15.4. The number of rotatable bonds is 5. The molecule has 0 bridgehead atoms. The van der Waals surface area contributed by atoms with E-state index < -0.39 is 0 Å². The van der Waals surface area contributed by atoms with Crippen LogP contribution in [0.4, 0.5) is 5.69 Å². The van der Waals surface area contributed by atoms with Crippen molar-refractivity contribution in [2.45, 2.75) is 13.5 Å². The van der Waals surface area contributed by atoms with Gasteiger partial charge in [0.2, 0.25) is 0 Å². The lowest BCUT2D eigenvalue weighted by Gasteiger charge is -2.14. The molecule has 0 radical (unpaired) electrons. The minimum atomic E-state index is 0.496. The smallest absolute Gasteiger partial charge is 0.142 e. The summed E-state index contributed by atoms with van der Waals surface area (Å²) in [6.45, 7) is 2.94. The summed E-state index contributed by atoms with van der Waals surface area (Å²) < 4.78 is 5.58. The Kier molecular flexibility index (Phi) is 5.88. The predicted octanol–water partition coefficient (Wildman–Crippen LogP) is 6.31. The zero-order valence-electron chi connectivity index (χ0n) is 11.2. The molecule has 0 atom stereocenters. The Hall–Kier alpha value is -0.800. The molecule has 0 aliphatic heterocycles. The van der Waals surface area contributed by atoms with E-state index in [9.17, 15) is 0 Å². The lowest BCUT2D eigenvalue weighted by molar-refractivity contribution is 0.337. The average Bonchev–Trinajstić information content (AvgIpc) is 2.43. The van der Waals surface area contributed by atoms with Gasteiger partial charge in [-0.2, -0.15) is 0 Å². The van der Waals surface area contributed by atoms with E-state index in [1.807, 2.05) is 19.1 Å². The number of hydrogen-bond donors (Lipinski definition) is 1. The first-order chi connectivity index (χ1) is 10.0. The quantitative estimate of drug-likeness (QED) is 0.670. The molecule has 1 N–H and O–H groups in total. The maximum absolute atomic E-state index is 6.17. The Labute approximate surface area is 143 Å². The van der Waals surface area contributed by atoms with E-state index in [4.69, 9.17) is 51.1 Å². The largest absolute Gasteiger partial charge is 0.492 e. The van der Waals surface area contributed by atoms with Gasteiger partial charge in [-0.05, 0) is 37.3 Å². The first-order valence-electron chi connectivity index (χ1n) is 6.31. The molecule has 2 rings (SSSR count). The van der Waals surface area contributed by atoms with Crippen LogP contribution in [-0.2, 0) is 6.54 Å². The van der Waals surface area contributed by atoms with Crippen LogP contribution in [0.25, 0.3) is 0 Å². The number of ether oxygens (including phenoxy) is 1. The maximum Gasteiger partial charge on any atom is 0.142 e. The van der Waals surface area contributed by atoms with Crippen LogP contribution in [0.2, 0.25) is 20.1 Å². The minimum absolute atomic E-state index is 0.496. The Balaban J connectivity index is 2.20. The SMILES string of the molecule is CCOc1c(Cl)cc(Cl)cc1CNc1ccc(Cl)c(Cl)c1. The lowest BCUT2D eigenvalue weighted by atomic mass is 10.2. The Morgan fingerprint density at radius 2 is 1.71 bits per heavy atom. The van der Waals surface area contributed by atoms with E-state index >= 15 is 0 Å². The summed E-state index contributed by atoms with van der Waals surface area (Å²) in [5.74, 6) is 0.635. The van der Waals surface area contributed by atoms with Crippen LogP contribution in [0, 0.1) is 0 Å². The van der Waals surface area contributed by atoms with Crippen molar-refractivity contribution in [3.8, 4) is 5.75 Å². The van der Waals surface area contributed by atoms with Gasteiger partial charge in [-0.3, -0.25) is 0 Å². The summed E-state index contributed by atoms with van der Waals surface area (Å²) in [6.07, 6.45) is 0. The molecular formula is C15H13Cl4NO. The normalized spacial score (nSPS) is 10.5. The van der Waals surface area contributed by atoms with Crippen molar-refractivity contribution < 1.29 is 4.74 Å². The molecule has 0 saturated carbocycles. The number of anilines is 1. The van der Waals surface area contributed by atoms with E-state index in [1.54, 1.807) is 18.2 Å². The van der Waals surface area contributed by atoms with Crippen molar-refractivity contribution in [3.05, 3.63) is 56.0 Å². The van der Waals surface area contributed by atoms with Gasteiger partial charge < -0.3 is 10.1 Å². The highest BCUT2D eigenvalue weighted by Crippen LogP contribution is 2.33. The summed E-state index contributed by atoms with van der Waals surface area (Å²) in [7, 11) is 0. The van der Waals surface area contributed by atoms with Gasteiger partial charge in [0.1, 0.15) is 5.75 Å². The molecule has 0 saturated heterocycles. The van der Waals surface area contributed by atoms with Gasteiger partial charge in [0, 0.05) is 22.8 Å². The van der Waals surface area contributed by atoms with Crippen molar-refractivity contribution in [1.29, 1.82) is 0 Å². The standard InChI is InChI=1S/C15H13Cl4NO/c1-2-21-15-9(5-10(16)6-14(15)19)8-20-11-3-4-12(17)13(18)7-11/h3-7,20H,2,8H2,1H3. The Morgan fingerprint density at radius 1 is 0.952 bits per heavy atom. The third kappa shape index (κ3) is 4.33. The Bertz CT molecular complexity index is 646. The summed E-state index contributed by atoms with van der Waals surface area (Å²) in [5.41, 5.74) is 1.73. The number of nitrogens with one attached hydrogen (secondary N) is 1. The Morgan fingerprint density at radius 3 is 2.38 bits per heavy atom. The fourth-order valence-electron chi connectivity index (χ4n) is 1.85. The highest BCUT2D eigenvalue weighted by atomic mass is 35.5. The highest BCUT2D eigenvalue weighted by molar-refractivity contribution is 6.42. The molecule has 0 spiro atoms. The predicted molar refractivity (Wildman–Crippen MR) is 91.4 cm³/mol. The molecule has 2 aromatic rings. The van der Waals surface area contributed by atoms with E-state index in [2.05, 4.69) is 5.32 Å². The second-order valence-electron chi connectivity index (χ2n) is 4.29. The van der Waals surface area contributed by atoms with Gasteiger partial charge >= 0.3 is 0 Å². The van der Waals surface area contributed by atoms with Crippen LogP contribution in [0.1, 0.15) is 12.5 Å². The molecule has 2 aromatic carbocycles. The molecule has 0 fully saturated rings. The van der Waals surface area contributed by atoms with Crippen LogP contribution in [-0.4, -0.2) is 6.61 Å². The molecule has 0 aromatic heterocycles. The summed E-state index contributed by atoms with van der Waals surface area (Å²) in [4.78, 5) is 0. The zero-order valence-corrected chi connectivity index (χ0v) is 14.2. The maximum atomic E-state index is 6.17. The van der Waals surface area contributed by atoms with Crippen LogP contribution in [0.15, 0.2) is 30.3 Å². The third-order valence-corrected chi connectivity index (χ3v) is 4.01. The van der Waals surface area contributed by atoms with Gasteiger partial charge in [-0.1, -0.05) is 46.4 Å². The van der Waals surface area contributed by atoms with Gasteiger partial charge in [0.15, 0.2) is 0 Å². The molecular weight excluding hydrogens is 352 g/mol.